The molecule has 1 aromatic carbocycles. The highest BCUT2D eigenvalue weighted by Gasteiger charge is 2.13. The molecule has 0 saturated heterocycles. The molecule has 3 N–H and O–H groups in total. The molecule has 0 bridgehead atoms. The van der Waals surface area contributed by atoms with Crippen LogP contribution >= 0.6 is 0 Å². The van der Waals surface area contributed by atoms with Crippen molar-refractivity contribution >= 4 is 15.8 Å². The fourth-order valence-electron chi connectivity index (χ4n) is 0.784. The van der Waals surface area contributed by atoms with Gasteiger partial charge in [-0.25, -0.2) is 0 Å². The van der Waals surface area contributed by atoms with Gasteiger partial charge in [0.25, 0.3) is 10.1 Å². The second kappa shape index (κ2) is 3.10. The number of rotatable bonds is 2. The summed E-state index contributed by atoms with van der Waals surface area (Å²) in [5, 5.41) is 8.46. The molecule has 0 aromatic heterocycles. The zero-order valence-electron chi connectivity index (χ0n) is 5.93. The lowest BCUT2D eigenvalue weighted by Crippen LogP contribution is -2.02. The highest BCUT2D eigenvalue weighted by molar-refractivity contribution is 7.86. The molecule has 0 atom stereocenters. The summed E-state index contributed by atoms with van der Waals surface area (Å²) in [7, 11) is -4.27. The average Bonchev–Trinajstić information content (AvgIpc) is 2.03. The topological polar surface area (TPSA) is 86.6 Å². The van der Waals surface area contributed by atoms with Crippen molar-refractivity contribution in [1.82, 2.24) is 0 Å². The van der Waals surface area contributed by atoms with Crippen LogP contribution in [-0.2, 0) is 10.1 Å². The van der Waals surface area contributed by atoms with Gasteiger partial charge in [0.1, 0.15) is 4.90 Å². The van der Waals surface area contributed by atoms with Gasteiger partial charge < -0.3 is 0 Å². The summed E-state index contributed by atoms with van der Waals surface area (Å²) in [5.41, 5.74) is 1.61. The van der Waals surface area contributed by atoms with Crippen molar-refractivity contribution in [3.63, 3.8) is 0 Å². The van der Waals surface area contributed by atoms with Crippen molar-refractivity contribution in [3.05, 3.63) is 24.3 Å². The Morgan fingerprint density at radius 1 is 1.25 bits per heavy atom. The minimum absolute atomic E-state index is 0.0556. The second-order valence-corrected chi connectivity index (χ2v) is 3.47. The van der Waals surface area contributed by atoms with Gasteiger partial charge >= 0.3 is 0 Å². The van der Waals surface area contributed by atoms with Crippen LogP contribution in [0.5, 0.6) is 0 Å². The lowest BCUT2D eigenvalue weighted by atomic mass is 10.3. The smallest absolute Gasteiger partial charge is 0.291 e. The van der Waals surface area contributed by atoms with Crippen LogP contribution in [0.25, 0.3) is 0 Å². The Kier molecular flexibility index (Phi) is 2.32. The minimum Gasteiger partial charge on any atom is -0.291 e. The summed E-state index contributed by atoms with van der Waals surface area (Å²) in [4.78, 5) is -0.354. The number of anilines is 1. The highest BCUT2D eigenvalue weighted by atomic mass is 32.2. The molecule has 0 unspecified atom stereocenters. The van der Waals surface area contributed by atoms with Gasteiger partial charge in [0.05, 0.1) is 5.69 Å². The maximum Gasteiger partial charge on any atom is 0.296 e. The standard InChI is InChI=1S/C6H7NO4S/c8-7-5-3-1-2-4-6(5)12(9,10)11/h1-4,7-8H,(H,9,10,11). The van der Waals surface area contributed by atoms with Gasteiger partial charge in [-0.05, 0) is 12.1 Å². The maximum atomic E-state index is 10.6. The van der Waals surface area contributed by atoms with E-state index in [0.717, 1.165) is 0 Å². The molecule has 0 heterocycles. The monoisotopic (exact) mass is 189 g/mol. The molecule has 1 rings (SSSR count). The number of hydrogen-bond donors (Lipinski definition) is 3. The van der Waals surface area contributed by atoms with Gasteiger partial charge in [-0.3, -0.25) is 15.2 Å². The lowest BCUT2D eigenvalue weighted by Gasteiger charge is -2.03. The van der Waals surface area contributed by atoms with Gasteiger partial charge in [0.2, 0.25) is 0 Å². The molecule has 0 radical (unpaired) electrons. The summed E-state index contributed by atoms with van der Waals surface area (Å²) < 4.78 is 29.9. The van der Waals surface area contributed by atoms with Gasteiger partial charge in [-0.2, -0.15) is 8.42 Å². The van der Waals surface area contributed by atoms with E-state index in [-0.39, 0.29) is 10.6 Å². The van der Waals surface area contributed by atoms with Crippen LogP contribution in [0.15, 0.2) is 29.2 Å². The SMILES string of the molecule is O=S(=O)(O)c1ccccc1NO. The molecule has 0 aliphatic heterocycles. The summed E-state index contributed by atoms with van der Waals surface area (Å²) in [5.74, 6) is 0. The largest absolute Gasteiger partial charge is 0.296 e. The van der Waals surface area contributed by atoms with Crippen molar-refractivity contribution in [2.45, 2.75) is 4.90 Å². The Bertz CT molecular complexity index is 373. The Labute approximate surface area is 69.4 Å². The van der Waals surface area contributed by atoms with Gasteiger partial charge in [0, 0.05) is 0 Å². The lowest BCUT2D eigenvalue weighted by molar-refractivity contribution is 0.386. The molecule has 12 heavy (non-hydrogen) atoms. The van der Waals surface area contributed by atoms with Crippen molar-refractivity contribution in [3.8, 4) is 0 Å². The van der Waals surface area contributed by atoms with E-state index in [1.54, 1.807) is 5.48 Å². The minimum atomic E-state index is -4.27. The van der Waals surface area contributed by atoms with Gasteiger partial charge in [-0.15, -0.1) is 0 Å². The third-order valence-corrected chi connectivity index (χ3v) is 2.20. The molecule has 0 amide bonds. The average molecular weight is 189 g/mol. The van der Waals surface area contributed by atoms with E-state index in [1.165, 1.54) is 24.3 Å². The first-order valence-corrected chi connectivity index (χ1v) is 4.46. The molecule has 66 valence electrons. The molecular weight excluding hydrogens is 182 g/mol. The van der Waals surface area contributed by atoms with Crippen molar-refractivity contribution < 1.29 is 18.2 Å². The number of hydrogen-bond acceptors (Lipinski definition) is 4. The first-order valence-electron chi connectivity index (χ1n) is 3.02. The molecule has 5 nitrogen and oxygen atoms in total. The van der Waals surface area contributed by atoms with E-state index in [2.05, 4.69) is 0 Å². The predicted molar refractivity (Wildman–Crippen MR) is 41.7 cm³/mol. The molecule has 0 saturated carbocycles. The summed E-state index contributed by atoms with van der Waals surface area (Å²) in [6.07, 6.45) is 0. The van der Waals surface area contributed by atoms with Crippen LogP contribution < -0.4 is 5.48 Å². The Balaban J connectivity index is 3.33. The molecule has 6 heteroatoms. The molecule has 0 aliphatic rings. The van der Waals surface area contributed by atoms with Crippen molar-refractivity contribution in [1.29, 1.82) is 0 Å². The summed E-state index contributed by atoms with van der Waals surface area (Å²) >= 11 is 0. The van der Waals surface area contributed by atoms with Crippen LogP contribution in [0.2, 0.25) is 0 Å². The fraction of sp³-hybridized carbons (Fsp3) is 0. The summed E-state index contributed by atoms with van der Waals surface area (Å²) in [6.45, 7) is 0. The highest BCUT2D eigenvalue weighted by Crippen LogP contribution is 2.18. The Morgan fingerprint density at radius 2 is 1.83 bits per heavy atom. The molecular formula is C6H7NO4S. The van der Waals surface area contributed by atoms with Crippen LogP contribution in [0, 0.1) is 0 Å². The third-order valence-electron chi connectivity index (χ3n) is 1.29. The van der Waals surface area contributed by atoms with E-state index in [9.17, 15) is 8.42 Å². The van der Waals surface area contributed by atoms with E-state index < -0.39 is 10.1 Å². The summed E-state index contributed by atoms with van der Waals surface area (Å²) in [6, 6.07) is 5.45. The van der Waals surface area contributed by atoms with E-state index >= 15 is 0 Å². The number of benzene rings is 1. The fourth-order valence-corrected chi connectivity index (χ4v) is 1.43. The third kappa shape index (κ3) is 1.73. The first-order chi connectivity index (χ1) is 5.55. The molecule has 0 fully saturated rings. The van der Waals surface area contributed by atoms with Crippen molar-refractivity contribution in [2.24, 2.45) is 0 Å². The van der Waals surface area contributed by atoms with Gasteiger partial charge in [0.15, 0.2) is 0 Å². The zero-order chi connectivity index (χ0) is 9.19. The van der Waals surface area contributed by atoms with Crippen LogP contribution in [-0.4, -0.2) is 18.2 Å². The predicted octanol–water partition coefficient (Wildman–Crippen LogP) is 0.734. The Morgan fingerprint density at radius 3 is 2.25 bits per heavy atom. The van der Waals surface area contributed by atoms with Gasteiger partial charge in [-0.1, -0.05) is 12.1 Å². The van der Waals surface area contributed by atoms with Crippen molar-refractivity contribution in [2.75, 3.05) is 5.48 Å². The molecule has 0 aliphatic carbocycles. The number of para-hydroxylation sites is 1. The zero-order valence-corrected chi connectivity index (χ0v) is 6.75. The van der Waals surface area contributed by atoms with Crippen LogP contribution in [0.1, 0.15) is 0 Å². The second-order valence-electron chi connectivity index (χ2n) is 2.08. The normalized spacial score (nSPS) is 11.2. The first kappa shape index (κ1) is 8.98. The quantitative estimate of drug-likeness (QED) is 0.471. The van der Waals surface area contributed by atoms with Crippen LogP contribution in [0.4, 0.5) is 5.69 Å². The number of nitrogens with one attached hydrogen (secondary N) is 1. The van der Waals surface area contributed by atoms with E-state index in [4.69, 9.17) is 9.76 Å². The van der Waals surface area contributed by atoms with E-state index in [0.29, 0.717) is 0 Å². The van der Waals surface area contributed by atoms with E-state index in [1.807, 2.05) is 0 Å². The molecule has 1 aromatic rings. The van der Waals surface area contributed by atoms with Crippen LogP contribution in [0.3, 0.4) is 0 Å². The Hall–Kier alpha value is -1.11. The maximum absolute atomic E-state index is 10.6. The molecule has 0 spiro atoms.